The van der Waals surface area contributed by atoms with E-state index in [1.807, 2.05) is 32.0 Å². The molecule has 0 saturated heterocycles. The lowest BCUT2D eigenvalue weighted by molar-refractivity contribution is 0.0955. The van der Waals surface area contributed by atoms with Gasteiger partial charge in [-0.2, -0.15) is 10.4 Å². The van der Waals surface area contributed by atoms with Gasteiger partial charge >= 0.3 is 0 Å². The number of hydrogen-bond acceptors (Lipinski definition) is 6. The predicted molar refractivity (Wildman–Crippen MR) is 130 cm³/mol. The molecule has 1 amide bonds. The SMILES string of the molecule is CCCOc1ccc(C(=O)N/N=C\c2ccc(OCc3cccc(C#N)c3)c(OCC)c2)cc1. The van der Waals surface area contributed by atoms with Gasteiger partial charge < -0.3 is 14.2 Å². The summed E-state index contributed by atoms with van der Waals surface area (Å²) in [4.78, 5) is 12.3. The third-order valence-corrected chi connectivity index (χ3v) is 4.69. The Hall–Kier alpha value is -4.31. The van der Waals surface area contributed by atoms with E-state index in [4.69, 9.17) is 19.5 Å². The minimum atomic E-state index is -0.317. The Balaban J connectivity index is 1.61. The summed E-state index contributed by atoms with van der Waals surface area (Å²) < 4.78 is 17.1. The van der Waals surface area contributed by atoms with Crippen LogP contribution in [-0.4, -0.2) is 25.3 Å². The average Bonchev–Trinajstić information content (AvgIpc) is 2.87. The van der Waals surface area contributed by atoms with E-state index < -0.39 is 0 Å². The number of benzene rings is 3. The van der Waals surface area contributed by atoms with E-state index in [1.165, 1.54) is 0 Å². The molecular formula is C27H27N3O4. The molecule has 34 heavy (non-hydrogen) atoms. The molecule has 0 atom stereocenters. The number of nitrogens with one attached hydrogen (secondary N) is 1. The van der Waals surface area contributed by atoms with Crippen molar-refractivity contribution < 1.29 is 19.0 Å². The molecule has 174 valence electrons. The predicted octanol–water partition coefficient (Wildman–Crippen LogP) is 5.09. The van der Waals surface area contributed by atoms with E-state index in [2.05, 4.69) is 16.6 Å². The van der Waals surface area contributed by atoms with Crippen LogP contribution in [0.4, 0.5) is 0 Å². The van der Waals surface area contributed by atoms with Crippen molar-refractivity contribution in [3.05, 3.63) is 89.0 Å². The van der Waals surface area contributed by atoms with Crippen molar-refractivity contribution >= 4 is 12.1 Å². The number of amides is 1. The number of hydrazone groups is 1. The van der Waals surface area contributed by atoms with Crippen LogP contribution in [0.1, 0.15) is 47.3 Å². The first-order valence-corrected chi connectivity index (χ1v) is 11.1. The summed E-state index contributed by atoms with van der Waals surface area (Å²) in [6.45, 7) is 5.34. The lowest BCUT2D eigenvalue weighted by Crippen LogP contribution is -2.17. The largest absolute Gasteiger partial charge is 0.494 e. The van der Waals surface area contributed by atoms with E-state index in [0.717, 1.165) is 23.3 Å². The Morgan fingerprint density at radius 2 is 1.82 bits per heavy atom. The monoisotopic (exact) mass is 457 g/mol. The van der Waals surface area contributed by atoms with Gasteiger partial charge in [0.15, 0.2) is 11.5 Å². The molecular weight excluding hydrogens is 430 g/mol. The van der Waals surface area contributed by atoms with E-state index in [-0.39, 0.29) is 5.91 Å². The number of nitrogens with zero attached hydrogens (tertiary/aromatic N) is 2. The van der Waals surface area contributed by atoms with Crippen LogP contribution in [0, 0.1) is 11.3 Å². The lowest BCUT2D eigenvalue weighted by atomic mass is 10.1. The summed E-state index contributed by atoms with van der Waals surface area (Å²) in [5, 5.41) is 13.1. The average molecular weight is 458 g/mol. The smallest absolute Gasteiger partial charge is 0.271 e. The zero-order valence-electron chi connectivity index (χ0n) is 19.3. The molecule has 7 heteroatoms. The molecule has 0 aliphatic carbocycles. The zero-order chi connectivity index (χ0) is 24.2. The summed E-state index contributed by atoms with van der Waals surface area (Å²) >= 11 is 0. The molecule has 0 aliphatic rings. The fourth-order valence-corrected chi connectivity index (χ4v) is 3.04. The Labute approximate surface area is 199 Å². The van der Waals surface area contributed by atoms with Gasteiger partial charge in [-0.25, -0.2) is 5.43 Å². The van der Waals surface area contributed by atoms with Crippen molar-refractivity contribution in [2.24, 2.45) is 5.10 Å². The summed E-state index contributed by atoms with van der Waals surface area (Å²) in [5.74, 6) is 1.56. The molecule has 0 unspecified atom stereocenters. The highest BCUT2D eigenvalue weighted by Gasteiger charge is 2.08. The van der Waals surface area contributed by atoms with Crippen molar-refractivity contribution in [3.63, 3.8) is 0 Å². The van der Waals surface area contributed by atoms with E-state index in [0.29, 0.717) is 42.4 Å². The van der Waals surface area contributed by atoms with Crippen LogP contribution in [0.3, 0.4) is 0 Å². The fraction of sp³-hybridized carbons (Fsp3) is 0.222. The maximum Gasteiger partial charge on any atom is 0.271 e. The van der Waals surface area contributed by atoms with Gasteiger partial charge in [0.05, 0.1) is 31.1 Å². The van der Waals surface area contributed by atoms with Crippen molar-refractivity contribution in [1.82, 2.24) is 5.43 Å². The Kier molecular flexibility index (Phi) is 9.06. The molecule has 3 aromatic rings. The number of ether oxygens (including phenoxy) is 3. The number of hydrogen-bond donors (Lipinski definition) is 1. The van der Waals surface area contributed by atoms with Crippen LogP contribution in [-0.2, 0) is 6.61 Å². The van der Waals surface area contributed by atoms with Gasteiger partial charge in [-0.1, -0.05) is 19.1 Å². The molecule has 3 aromatic carbocycles. The third-order valence-electron chi connectivity index (χ3n) is 4.69. The second-order valence-corrected chi connectivity index (χ2v) is 7.31. The standard InChI is InChI=1S/C27H27N3O4/c1-3-14-33-24-11-9-23(10-12-24)27(31)30-29-18-21-8-13-25(26(16-21)32-4-2)34-19-22-7-5-6-20(15-22)17-28/h5-13,15-16,18H,3-4,14,19H2,1-2H3,(H,30,31)/b29-18-. The highest BCUT2D eigenvalue weighted by Crippen LogP contribution is 2.29. The third kappa shape index (κ3) is 7.10. The normalized spacial score (nSPS) is 10.5. The molecule has 0 spiro atoms. The molecule has 3 rings (SSSR count). The van der Waals surface area contributed by atoms with Crippen LogP contribution >= 0.6 is 0 Å². The minimum absolute atomic E-state index is 0.307. The summed E-state index contributed by atoms with van der Waals surface area (Å²) in [5.41, 5.74) is 5.23. The maximum absolute atomic E-state index is 12.3. The van der Waals surface area contributed by atoms with Gasteiger partial charge in [-0.15, -0.1) is 0 Å². The second-order valence-electron chi connectivity index (χ2n) is 7.31. The highest BCUT2D eigenvalue weighted by atomic mass is 16.5. The lowest BCUT2D eigenvalue weighted by Gasteiger charge is -2.12. The van der Waals surface area contributed by atoms with Crippen LogP contribution in [0.25, 0.3) is 0 Å². The van der Waals surface area contributed by atoms with Crippen molar-refractivity contribution in [3.8, 4) is 23.3 Å². The fourth-order valence-electron chi connectivity index (χ4n) is 3.04. The summed E-state index contributed by atoms with van der Waals surface area (Å²) in [7, 11) is 0. The van der Waals surface area contributed by atoms with Gasteiger partial charge in [0.1, 0.15) is 12.4 Å². The molecule has 1 N–H and O–H groups in total. The molecule has 7 nitrogen and oxygen atoms in total. The molecule has 0 aromatic heterocycles. The van der Waals surface area contributed by atoms with Gasteiger partial charge in [-0.3, -0.25) is 4.79 Å². The van der Waals surface area contributed by atoms with Crippen LogP contribution < -0.4 is 19.6 Å². The van der Waals surface area contributed by atoms with Crippen LogP contribution in [0.2, 0.25) is 0 Å². The maximum atomic E-state index is 12.3. The van der Waals surface area contributed by atoms with E-state index in [1.54, 1.807) is 54.7 Å². The van der Waals surface area contributed by atoms with E-state index in [9.17, 15) is 4.79 Å². The second kappa shape index (κ2) is 12.7. The van der Waals surface area contributed by atoms with Crippen LogP contribution in [0.5, 0.6) is 17.2 Å². The van der Waals surface area contributed by atoms with Gasteiger partial charge in [0.25, 0.3) is 5.91 Å². The number of rotatable bonds is 11. The highest BCUT2D eigenvalue weighted by molar-refractivity contribution is 5.95. The molecule has 0 aliphatic heterocycles. The Morgan fingerprint density at radius 1 is 1.00 bits per heavy atom. The Morgan fingerprint density at radius 3 is 2.56 bits per heavy atom. The first-order chi connectivity index (χ1) is 16.6. The molecule has 0 bridgehead atoms. The van der Waals surface area contributed by atoms with Gasteiger partial charge in [-0.05, 0) is 79.1 Å². The number of nitriles is 1. The van der Waals surface area contributed by atoms with Gasteiger partial charge in [0.2, 0.25) is 0 Å². The molecule has 0 fully saturated rings. The van der Waals surface area contributed by atoms with Crippen molar-refractivity contribution in [2.75, 3.05) is 13.2 Å². The van der Waals surface area contributed by atoms with Gasteiger partial charge in [0, 0.05) is 5.56 Å². The molecule has 0 saturated carbocycles. The summed E-state index contributed by atoms with van der Waals surface area (Å²) in [6.07, 6.45) is 2.46. The molecule has 0 heterocycles. The first kappa shape index (κ1) is 24.3. The first-order valence-electron chi connectivity index (χ1n) is 11.1. The van der Waals surface area contributed by atoms with Crippen LogP contribution in [0.15, 0.2) is 71.8 Å². The zero-order valence-corrected chi connectivity index (χ0v) is 19.3. The number of carbonyl (C=O) groups is 1. The minimum Gasteiger partial charge on any atom is -0.494 e. The summed E-state index contributed by atoms with van der Waals surface area (Å²) in [6, 6.07) is 21.7. The quantitative estimate of drug-likeness (QED) is 0.320. The van der Waals surface area contributed by atoms with E-state index >= 15 is 0 Å². The van der Waals surface area contributed by atoms with Crippen molar-refractivity contribution in [2.45, 2.75) is 26.9 Å². The Bertz CT molecular complexity index is 1170. The molecule has 0 radical (unpaired) electrons. The van der Waals surface area contributed by atoms with Crippen molar-refractivity contribution in [1.29, 1.82) is 5.26 Å². The number of carbonyl (C=O) groups excluding carboxylic acids is 1. The topological polar surface area (TPSA) is 92.9 Å².